The van der Waals surface area contributed by atoms with E-state index in [0.717, 1.165) is 32.0 Å². The van der Waals surface area contributed by atoms with Crippen LogP contribution in [0.5, 0.6) is 0 Å². The first-order valence-corrected chi connectivity index (χ1v) is 7.18. The van der Waals surface area contributed by atoms with E-state index in [1.54, 1.807) is 18.3 Å². The first kappa shape index (κ1) is 14.3. The fourth-order valence-corrected chi connectivity index (χ4v) is 2.38. The van der Waals surface area contributed by atoms with Crippen molar-refractivity contribution in [3.63, 3.8) is 0 Å². The average molecular weight is 298 g/mol. The third-order valence-corrected chi connectivity index (χ3v) is 3.56. The highest BCUT2D eigenvalue weighted by molar-refractivity contribution is 5.93. The molecule has 0 unspecified atom stereocenters. The maximum absolute atomic E-state index is 11.2. The number of aromatic nitrogens is 1. The zero-order chi connectivity index (χ0) is 15.4. The summed E-state index contributed by atoms with van der Waals surface area (Å²) in [6.45, 7) is 3.36. The van der Waals surface area contributed by atoms with E-state index >= 15 is 0 Å². The molecular weight excluding hydrogens is 280 g/mol. The van der Waals surface area contributed by atoms with E-state index in [2.05, 4.69) is 27.3 Å². The summed E-state index contributed by atoms with van der Waals surface area (Å²) in [5.74, 6) is 0.128. The number of pyridine rings is 1. The molecule has 2 aromatic rings. The van der Waals surface area contributed by atoms with Crippen molar-refractivity contribution in [2.45, 2.75) is 0 Å². The first-order chi connectivity index (χ1) is 10.7. The highest BCUT2D eigenvalue weighted by Crippen LogP contribution is 2.21. The summed E-state index contributed by atoms with van der Waals surface area (Å²) in [7, 11) is 0. The Morgan fingerprint density at radius 3 is 2.59 bits per heavy atom. The van der Waals surface area contributed by atoms with Gasteiger partial charge in [-0.3, -0.25) is 4.79 Å². The zero-order valence-corrected chi connectivity index (χ0v) is 12.2. The lowest BCUT2D eigenvalue weighted by atomic mass is 10.2. The van der Waals surface area contributed by atoms with E-state index in [-0.39, 0.29) is 0 Å². The summed E-state index contributed by atoms with van der Waals surface area (Å²) in [5.41, 5.74) is 7.78. The Morgan fingerprint density at radius 2 is 1.91 bits per heavy atom. The second-order valence-corrected chi connectivity index (χ2v) is 5.07. The molecule has 0 spiro atoms. The predicted octanol–water partition coefficient (Wildman–Crippen LogP) is 1.76. The highest BCUT2D eigenvalue weighted by atomic mass is 16.5. The lowest BCUT2D eigenvalue weighted by Gasteiger charge is -2.28. The van der Waals surface area contributed by atoms with E-state index < -0.39 is 5.91 Å². The van der Waals surface area contributed by atoms with Crippen LogP contribution >= 0.6 is 0 Å². The van der Waals surface area contributed by atoms with Crippen LogP contribution in [0.2, 0.25) is 0 Å². The van der Waals surface area contributed by atoms with Crippen molar-refractivity contribution in [2.24, 2.45) is 5.73 Å². The smallest absolute Gasteiger partial charge is 0.248 e. The summed E-state index contributed by atoms with van der Waals surface area (Å²) >= 11 is 0. The molecule has 1 saturated heterocycles. The van der Waals surface area contributed by atoms with Gasteiger partial charge in [0.2, 0.25) is 5.91 Å². The van der Waals surface area contributed by atoms with Gasteiger partial charge in [0.15, 0.2) is 0 Å². The Labute approximate surface area is 128 Å². The zero-order valence-electron chi connectivity index (χ0n) is 12.2. The van der Waals surface area contributed by atoms with Gasteiger partial charge in [-0.1, -0.05) is 0 Å². The van der Waals surface area contributed by atoms with Crippen LogP contribution in [0.3, 0.4) is 0 Å². The van der Waals surface area contributed by atoms with Gasteiger partial charge in [0.05, 0.1) is 13.2 Å². The van der Waals surface area contributed by atoms with E-state index in [1.807, 2.05) is 12.1 Å². The molecule has 0 atom stereocenters. The molecule has 1 aromatic carbocycles. The number of anilines is 3. The number of nitrogens with two attached hydrogens (primary N) is 1. The number of morpholine rings is 1. The molecule has 0 bridgehead atoms. The minimum Gasteiger partial charge on any atom is -0.378 e. The van der Waals surface area contributed by atoms with Gasteiger partial charge >= 0.3 is 0 Å². The number of benzene rings is 1. The largest absolute Gasteiger partial charge is 0.378 e. The van der Waals surface area contributed by atoms with Crippen molar-refractivity contribution >= 4 is 23.1 Å². The summed E-state index contributed by atoms with van der Waals surface area (Å²) in [4.78, 5) is 17.7. The second kappa shape index (κ2) is 6.44. The van der Waals surface area contributed by atoms with E-state index in [9.17, 15) is 4.79 Å². The lowest BCUT2D eigenvalue weighted by molar-refractivity contribution is 0.1000. The van der Waals surface area contributed by atoms with Crippen molar-refractivity contribution in [2.75, 3.05) is 36.5 Å². The molecule has 3 rings (SSSR count). The first-order valence-electron chi connectivity index (χ1n) is 7.18. The molecule has 0 radical (unpaired) electrons. The predicted molar refractivity (Wildman–Crippen MR) is 85.5 cm³/mol. The number of carbonyl (C=O) groups excluding carboxylic acids is 1. The number of nitrogens with one attached hydrogen (secondary N) is 1. The molecule has 1 aliphatic heterocycles. The minimum atomic E-state index is -0.465. The molecule has 3 N–H and O–H groups in total. The van der Waals surface area contributed by atoms with Crippen LogP contribution in [0, 0.1) is 0 Å². The van der Waals surface area contributed by atoms with E-state index in [4.69, 9.17) is 10.5 Å². The van der Waals surface area contributed by atoms with Crippen molar-refractivity contribution in [3.05, 3.63) is 48.2 Å². The molecule has 1 aromatic heterocycles. The van der Waals surface area contributed by atoms with Crippen LogP contribution in [0.25, 0.3) is 0 Å². The average Bonchev–Trinajstić information content (AvgIpc) is 2.56. The van der Waals surface area contributed by atoms with Crippen molar-refractivity contribution in [3.8, 4) is 0 Å². The van der Waals surface area contributed by atoms with Crippen molar-refractivity contribution in [1.82, 2.24) is 4.98 Å². The Bertz CT molecular complexity index is 651. The number of hydrogen-bond acceptors (Lipinski definition) is 5. The summed E-state index contributed by atoms with van der Waals surface area (Å²) in [5, 5.41) is 3.17. The summed E-state index contributed by atoms with van der Waals surface area (Å²) in [6.07, 6.45) is 1.56. The van der Waals surface area contributed by atoms with Crippen molar-refractivity contribution < 1.29 is 9.53 Å². The quantitative estimate of drug-likeness (QED) is 0.899. The van der Waals surface area contributed by atoms with Crippen LogP contribution in [-0.2, 0) is 4.74 Å². The summed E-state index contributed by atoms with van der Waals surface area (Å²) in [6, 6.07) is 11.3. The fourth-order valence-electron chi connectivity index (χ4n) is 2.38. The highest BCUT2D eigenvalue weighted by Gasteiger charge is 2.10. The van der Waals surface area contributed by atoms with Gasteiger partial charge in [-0.25, -0.2) is 4.98 Å². The van der Waals surface area contributed by atoms with Crippen LogP contribution in [-0.4, -0.2) is 37.2 Å². The van der Waals surface area contributed by atoms with E-state index in [0.29, 0.717) is 11.4 Å². The van der Waals surface area contributed by atoms with Gasteiger partial charge in [-0.15, -0.1) is 0 Å². The maximum Gasteiger partial charge on any atom is 0.248 e. The molecule has 2 heterocycles. The number of amides is 1. The van der Waals surface area contributed by atoms with Gasteiger partial charge < -0.3 is 20.7 Å². The van der Waals surface area contributed by atoms with Gasteiger partial charge in [-0.05, 0) is 36.4 Å². The fraction of sp³-hybridized carbons (Fsp3) is 0.250. The molecule has 6 heteroatoms. The molecule has 0 saturated carbocycles. The maximum atomic E-state index is 11.2. The number of nitrogens with zero attached hydrogens (tertiary/aromatic N) is 2. The Morgan fingerprint density at radius 1 is 1.18 bits per heavy atom. The molecule has 114 valence electrons. The number of rotatable bonds is 4. The number of hydrogen-bond donors (Lipinski definition) is 2. The Balaban J connectivity index is 1.70. The monoisotopic (exact) mass is 298 g/mol. The Hall–Kier alpha value is -2.60. The third-order valence-electron chi connectivity index (χ3n) is 3.56. The summed E-state index contributed by atoms with van der Waals surface area (Å²) < 4.78 is 5.35. The molecule has 1 fully saturated rings. The molecule has 1 amide bonds. The molecule has 22 heavy (non-hydrogen) atoms. The number of carbonyl (C=O) groups is 1. The minimum absolute atomic E-state index is 0.433. The Kier molecular flexibility index (Phi) is 4.20. The standard InChI is InChI=1S/C16H18N4O2/c17-16(21)12-5-6-18-15(11-12)19-13-1-3-14(4-2-13)20-7-9-22-10-8-20/h1-6,11H,7-10H2,(H2,17,21)(H,18,19). The topological polar surface area (TPSA) is 80.5 Å². The molecule has 0 aliphatic carbocycles. The molecule has 1 aliphatic rings. The van der Waals surface area contributed by atoms with Crippen LogP contribution in [0.15, 0.2) is 42.6 Å². The van der Waals surface area contributed by atoms with E-state index in [1.165, 1.54) is 5.69 Å². The normalized spacial score (nSPS) is 14.6. The number of ether oxygens (including phenoxy) is 1. The molecular formula is C16H18N4O2. The van der Waals surface area contributed by atoms with Gasteiger partial charge in [0.25, 0.3) is 0 Å². The second-order valence-electron chi connectivity index (χ2n) is 5.07. The van der Waals surface area contributed by atoms with Crippen LogP contribution < -0.4 is 16.0 Å². The van der Waals surface area contributed by atoms with Gasteiger partial charge in [0, 0.05) is 36.2 Å². The van der Waals surface area contributed by atoms with Gasteiger partial charge in [0.1, 0.15) is 5.82 Å². The number of primary amides is 1. The van der Waals surface area contributed by atoms with Crippen LogP contribution in [0.4, 0.5) is 17.2 Å². The molecule has 6 nitrogen and oxygen atoms in total. The third kappa shape index (κ3) is 3.35. The van der Waals surface area contributed by atoms with Gasteiger partial charge in [-0.2, -0.15) is 0 Å². The lowest BCUT2D eigenvalue weighted by Crippen LogP contribution is -2.36. The van der Waals surface area contributed by atoms with Crippen molar-refractivity contribution in [1.29, 1.82) is 0 Å². The van der Waals surface area contributed by atoms with Crippen LogP contribution in [0.1, 0.15) is 10.4 Å². The SMILES string of the molecule is NC(=O)c1ccnc(Nc2ccc(N3CCOCC3)cc2)c1.